The van der Waals surface area contributed by atoms with E-state index in [1.807, 2.05) is 43.3 Å². The Balaban J connectivity index is 2.58. The lowest BCUT2D eigenvalue weighted by atomic mass is 10.1. The molecule has 0 aliphatic heterocycles. The van der Waals surface area contributed by atoms with Gasteiger partial charge in [-0.3, -0.25) is 0 Å². The zero-order valence-corrected chi connectivity index (χ0v) is 7.91. The molecule has 0 fully saturated rings. The van der Waals surface area contributed by atoms with E-state index in [-0.39, 0.29) is 0 Å². The largest absolute Gasteiger partial charge is 0.350 e. The highest BCUT2D eigenvalue weighted by Crippen LogP contribution is 2.23. The van der Waals surface area contributed by atoms with Crippen molar-refractivity contribution in [2.24, 2.45) is 0 Å². The maximum absolute atomic E-state index is 8.91. The summed E-state index contributed by atoms with van der Waals surface area (Å²) in [7, 11) is 0. The molecule has 2 nitrogen and oxygen atoms in total. The van der Waals surface area contributed by atoms with Gasteiger partial charge in [0.2, 0.25) is 0 Å². The third-order valence-corrected chi connectivity index (χ3v) is 2.15. The Morgan fingerprint density at radius 2 is 1.93 bits per heavy atom. The van der Waals surface area contributed by atoms with Gasteiger partial charge in [-0.1, -0.05) is 30.3 Å². The molecular weight excluding hydrogens is 172 g/mol. The number of nitriles is 1. The zero-order valence-electron chi connectivity index (χ0n) is 7.91. The van der Waals surface area contributed by atoms with Gasteiger partial charge in [-0.2, -0.15) is 5.26 Å². The van der Waals surface area contributed by atoms with Crippen LogP contribution in [0.25, 0.3) is 11.1 Å². The van der Waals surface area contributed by atoms with Crippen LogP contribution in [0.1, 0.15) is 11.4 Å². The number of hydrogen-bond acceptors (Lipinski definition) is 1. The van der Waals surface area contributed by atoms with Crippen molar-refractivity contribution in [3.63, 3.8) is 0 Å². The highest BCUT2D eigenvalue weighted by atomic mass is 14.7. The number of hydrogen-bond donors (Lipinski definition) is 1. The molecule has 0 saturated carbocycles. The first-order chi connectivity index (χ1) is 6.81. The second-order valence-electron chi connectivity index (χ2n) is 3.22. The molecule has 1 aromatic carbocycles. The molecule has 0 saturated heterocycles. The topological polar surface area (TPSA) is 39.6 Å². The van der Waals surface area contributed by atoms with Crippen LogP contribution in [0.5, 0.6) is 0 Å². The molecular formula is C12H10N2. The lowest BCUT2D eigenvalue weighted by Crippen LogP contribution is -1.79. The van der Waals surface area contributed by atoms with Gasteiger partial charge in [-0.25, -0.2) is 0 Å². The van der Waals surface area contributed by atoms with Crippen LogP contribution in [-0.2, 0) is 0 Å². The first kappa shape index (κ1) is 8.58. The number of rotatable bonds is 1. The van der Waals surface area contributed by atoms with Gasteiger partial charge in [-0.15, -0.1) is 0 Å². The summed E-state index contributed by atoms with van der Waals surface area (Å²) in [5, 5.41) is 8.91. The number of nitrogens with one attached hydrogen (secondary N) is 1. The molecule has 0 aliphatic carbocycles. The van der Waals surface area contributed by atoms with Gasteiger partial charge in [-0.05, 0) is 18.6 Å². The quantitative estimate of drug-likeness (QED) is 0.723. The number of H-pyrrole nitrogens is 1. The molecule has 0 atom stereocenters. The number of benzene rings is 1. The van der Waals surface area contributed by atoms with E-state index in [9.17, 15) is 0 Å². The van der Waals surface area contributed by atoms with Crippen LogP contribution >= 0.6 is 0 Å². The van der Waals surface area contributed by atoms with Crippen LogP contribution in [0, 0.1) is 18.3 Å². The first-order valence-electron chi connectivity index (χ1n) is 4.46. The number of nitrogens with zero attached hydrogens (tertiary/aromatic N) is 1. The summed E-state index contributed by atoms with van der Waals surface area (Å²) in [6, 6.07) is 14.1. The van der Waals surface area contributed by atoms with Gasteiger partial charge in [0.05, 0.1) is 0 Å². The summed E-state index contributed by atoms with van der Waals surface area (Å²) in [5.74, 6) is 0. The zero-order chi connectivity index (χ0) is 9.97. The summed E-state index contributed by atoms with van der Waals surface area (Å²) in [4.78, 5) is 3.03. The lowest BCUT2D eigenvalue weighted by Gasteiger charge is -1.96. The minimum atomic E-state index is 0.633. The Labute approximate surface area is 82.8 Å². The molecule has 2 aromatic rings. The predicted octanol–water partition coefficient (Wildman–Crippen LogP) is 2.86. The van der Waals surface area contributed by atoms with Crippen molar-refractivity contribution in [2.75, 3.05) is 0 Å². The Morgan fingerprint density at radius 1 is 1.21 bits per heavy atom. The van der Waals surface area contributed by atoms with Crippen molar-refractivity contribution in [1.29, 1.82) is 5.26 Å². The van der Waals surface area contributed by atoms with Gasteiger partial charge < -0.3 is 4.98 Å². The maximum Gasteiger partial charge on any atom is 0.125 e. The Hall–Kier alpha value is -2.01. The van der Waals surface area contributed by atoms with Crippen molar-refractivity contribution in [3.8, 4) is 17.2 Å². The lowest BCUT2D eigenvalue weighted by molar-refractivity contribution is 1.23. The number of aryl methyl sites for hydroxylation is 1. The molecule has 0 bridgehead atoms. The SMILES string of the molecule is Cc1cc(-c2ccccc2)c(C#N)[nH]1. The van der Waals surface area contributed by atoms with E-state index in [0.717, 1.165) is 16.8 Å². The monoisotopic (exact) mass is 182 g/mol. The van der Waals surface area contributed by atoms with Crippen LogP contribution in [0.3, 0.4) is 0 Å². The van der Waals surface area contributed by atoms with Crippen molar-refractivity contribution < 1.29 is 0 Å². The van der Waals surface area contributed by atoms with Gasteiger partial charge >= 0.3 is 0 Å². The number of aromatic nitrogens is 1. The van der Waals surface area contributed by atoms with E-state index >= 15 is 0 Å². The molecule has 1 aromatic heterocycles. The third-order valence-electron chi connectivity index (χ3n) is 2.15. The molecule has 0 aliphatic rings. The van der Waals surface area contributed by atoms with Crippen molar-refractivity contribution >= 4 is 0 Å². The van der Waals surface area contributed by atoms with E-state index < -0.39 is 0 Å². The molecule has 0 radical (unpaired) electrons. The Bertz CT molecular complexity index is 475. The van der Waals surface area contributed by atoms with E-state index in [4.69, 9.17) is 5.26 Å². The molecule has 0 unspecified atom stereocenters. The van der Waals surface area contributed by atoms with E-state index in [0.29, 0.717) is 5.69 Å². The summed E-state index contributed by atoms with van der Waals surface area (Å²) < 4.78 is 0. The fourth-order valence-corrected chi connectivity index (χ4v) is 1.52. The fourth-order valence-electron chi connectivity index (χ4n) is 1.52. The molecule has 0 spiro atoms. The first-order valence-corrected chi connectivity index (χ1v) is 4.46. The molecule has 0 amide bonds. The van der Waals surface area contributed by atoms with Crippen molar-refractivity contribution in [2.45, 2.75) is 6.92 Å². The molecule has 2 heteroatoms. The van der Waals surface area contributed by atoms with Crippen LogP contribution in [0.2, 0.25) is 0 Å². The van der Waals surface area contributed by atoms with Gasteiger partial charge in [0, 0.05) is 11.3 Å². The molecule has 68 valence electrons. The van der Waals surface area contributed by atoms with Crippen LogP contribution in [0.4, 0.5) is 0 Å². The summed E-state index contributed by atoms with van der Waals surface area (Å²) in [6.45, 7) is 1.95. The van der Waals surface area contributed by atoms with E-state index in [1.165, 1.54) is 0 Å². The molecule has 14 heavy (non-hydrogen) atoms. The normalized spacial score (nSPS) is 9.71. The summed E-state index contributed by atoms with van der Waals surface area (Å²) >= 11 is 0. The second kappa shape index (κ2) is 3.39. The van der Waals surface area contributed by atoms with Crippen LogP contribution in [0.15, 0.2) is 36.4 Å². The fraction of sp³-hybridized carbons (Fsp3) is 0.0833. The van der Waals surface area contributed by atoms with Crippen LogP contribution < -0.4 is 0 Å². The Kier molecular flexibility index (Phi) is 2.08. The maximum atomic E-state index is 8.91. The Morgan fingerprint density at radius 3 is 2.57 bits per heavy atom. The average molecular weight is 182 g/mol. The number of aromatic amines is 1. The van der Waals surface area contributed by atoms with Crippen LogP contribution in [-0.4, -0.2) is 4.98 Å². The van der Waals surface area contributed by atoms with Crippen molar-refractivity contribution in [1.82, 2.24) is 4.98 Å². The summed E-state index contributed by atoms with van der Waals surface area (Å²) in [5.41, 5.74) is 3.70. The smallest absolute Gasteiger partial charge is 0.125 e. The minimum absolute atomic E-state index is 0.633. The average Bonchev–Trinajstić information content (AvgIpc) is 2.61. The highest BCUT2D eigenvalue weighted by Gasteiger charge is 2.06. The standard InChI is InChI=1S/C12H10N2/c1-9-7-11(12(8-13)14-9)10-5-3-2-4-6-10/h2-7,14H,1H3. The van der Waals surface area contributed by atoms with Gasteiger partial charge in [0.1, 0.15) is 11.8 Å². The van der Waals surface area contributed by atoms with E-state index in [2.05, 4.69) is 11.1 Å². The highest BCUT2D eigenvalue weighted by molar-refractivity contribution is 5.69. The van der Waals surface area contributed by atoms with Gasteiger partial charge in [0.15, 0.2) is 0 Å². The third kappa shape index (κ3) is 1.40. The van der Waals surface area contributed by atoms with Crippen molar-refractivity contribution in [3.05, 3.63) is 47.8 Å². The summed E-state index contributed by atoms with van der Waals surface area (Å²) in [6.07, 6.45) is 0. The van der Waals surface area contributed by atoms with E-state index in [1.54, 1.807) is 0 Å². The molecule has 2 rings (SSSR count). The molecule has 1 heterocycles. The molecule has 1 N–H and O–H groups in total. The predicted molar refractivity (Wildman–Crippen MR) is 55.7 cm³/mol. The minimum Gasteiger partial charge on any atom is -0.350 e. The van der Waals surface area contributed by atoms with Gasteiger partial charge in [0.25, 0.3) is 0 Å². The second-order valence-corrected chi connectivity index (χ2v) is 3.22.